The molecular weight excluding hydrogens is 206 g/mol. The number of hydrogen-bond acceptors (Lipinski definition) is 2. The van der Waals surface area contributed by atoms with E-state index in [2.05, 4.69) is 0 Å². The molecule has 0 saturated carbocycles. The zero-order chi connectivity index (χ0) is 8.57. The van der Waals surface area contributed by atoms with Crippen LogP contribution >= 0.6 is 23.2 Å². The molecule has 0 aliphatic rings. The van der Waals surface area contributed by atoms with Crippen molar-refractivity contribution in [3.05, 3.63) is 0 Å². The van der Waals surface area contributed by atoms with Crippen molar-refractivity contribution < 1.29 is 50.8 Å². The fourth-order valence-electron chi connectivity index (χ4n) is 0. The van der Waals surface area contributed by atoms with Gasteiger partial charge < -0.3 is 11.6 Å². The summed E-state index contributed by atoms with van der Waals surface area (Å²) in [7, 11) is 0. The van der Waals surface area contributed by atoms with Crippen LogP contribution in [0.3, 0.4) is 0 Å². The molecule has 0 fully saturated rings. The second kappa shape index (κ2) is 13.1. The first-order valence-corrected chi connectivity index (χ1v) is 3.17. The van der Waals surface area contributed by atoms with Crippen molar-refractivity contribution in [3.8, 4) is 0 Å². The number of carbonyl (C=O) groups is 2. The Hall–Kier alpha value is 0.520. The molecule has 0 bridgehead atoms. The number of halogens is 2. The Morgan fingerprint density at radius 2 is 1.18 bits per heavy atom. The molecular formula is C4H7Cl2NaO4. The summed E-state index contributed by atoms with van der Waals surface area (Å²) in [4.78, 5) is 18.5. The molecule has 11 heavy (non-hydrogen) atoms. The van der Waals surface area contributed by atoms with Gasteiger partial charge in [-0.2, -0.15) is 0 Å². The van der Waals surface area contributed by atoms with Gasteiger partial charge in [-0.15, -0.1) is 23.2 Å². The van der Waals surface area contributed by atoms with E-state index in [1.54, 1.807) is 0 Å². The van der Waals surface area contributed by atoms with Gasteiger partial charge in [-0.25, -0.2) is 0 Å². The quantitative estimate of drug-likeness (QED) is 0.401. The molecule has 7 heteroatoms. The zero-order valence-corrected chi connectivity index (χ0v) is 9.39. The van der Waals surface area contributed by atoms with Gasteiger partial charge in [0.2, 0.25) is 0 Å². The second-order valence-electron chi connectivity index (χ2n) is 1.05. The molecule has 0 heterocycles. The van der Waals surface area contributed by atoms with Crippen molar-refractivity contribution in [3.63, 3.8) is 0 Å². The number of rotatable bonds is 2. The Morgan fingerprint density at radius 1 is 1.09 bits per heavy atom. The van der Waals surface area contributed by atoms with Gasteiger partial charge in [0.15, 0.2) is 0 Å². The van der Waals surface area contributed by atoms with E-state index < -0.39 is 11.9 Å². The van der Waals surface area contributed by atoms with E-state index >= 15 is 0 Å². The van der Waals surface area contributed by atoms with Crippen molar-refractivity contribution in [2.24, 2.45) is 0 Å². The number of carboxylic acids is 2. The molecule has 0 saturated heterocycles. The molecule has 0 unspecified atom stereocenters. The van der Waals surface area contributed by atoms with Crippen molar-refractivity contribution in [2.75, 3.05) is 11.8 Å². The molecule has 0 aromatic rings. The van der Waals surface area contributed by atoms with Gasteiger partial charge in [-0.3, -0.25) is 9.59 Å². The first-order chi connectivity index (χ1) is 4.54. The van der Waals surface area contributed by atoms with Gasteiger partial charge in [-0.05, 0) is 0 Å². The molecule has 0 aromatic heterocycles. The summed E-state index contributed by atoms with van der Waals surface area (Å²) in [6, 6.07) is 0. The smallest absolute Gasteiger partial charge is 1.00 e. The third-order valence-corrected chi connectivity index (χ3v) is 0.686. The minimum absolute atomic E-state index is 0. The Kier molecular flexibility index (Phi) is 21.0. The summed E-state index contributed by atoms with van der Waals surface area (Å²) in [5.41, 5.74) is 0. The van der Waals surface area contributed by atoms with Crippen LogP contribution in [0, 0.1) is 0 Å². The predicted octanol–water partition coefficient (Wildman–Crippen LogP) is -2.26. The Labute approximate surface area is 97.3 Å². The fourth-order valence-corrected chi connectivity index (χ4v) is 0. The third-order valence-electron chi connectivity index (χ3n) is 0.229. The summed E-state index contributed by atoms with van der Waals surface area (Å²) >= 11 is 9.47. The molecule has 0 spiro atoms. The molecule has 0 radical (unpaired) electrons. The SMILES string of the molecule is O=C(O)CCl.O=C(O)CCl.[H-].[Na+]. The van der Waals surface area contributed by atoms with Gasteiger partial charge in [0, 0.05) is 0 Å². The van der Waals surface area contributed by atoms with Crippen LogP contribution in [-0.2, 0) is 9.59 Å². The second-order valence-corrected chi connectivity index (χ2v) is 1.59. The minimum atomic E-state index is -0.980. The van der Waals surface area contributed by atoms with Gasteiger partial charge >= 0.3 is 41.5 Å². The first-order valence-electron chi connectivity index (χ1n) is 2.10. The van der Waals surface area contributed by atoms with E-state index in [9.17, 15) is 9.59 Å². The maximum atomic E-state index is 9.24. The standard InChI is InChI=1S/2C2H3ClO2.Na.H/c2*3-1-2(4)5;;/h2*1H2,(H,4,5);;/q;;+1;-1. The first kappa shape index (κ1) is 17.6. The average molecular weight is 213 g/mol. The predicted molar refractivity (Wildman–Crippen MR) is 37.8 cm³/mol. The summed E-state index contributed by atoms with van der Waals surface area (Å²) in [5.74, 6) is -2.57. The number of hydrogen-bond donors (Lipinski definition) is 2. The van der Waals surface area contributed by atoms with Crippen molar-refractivity contribution >= 4 is 35.1 Å². The van der Waals surface area contributed by atoms with Crippen LogP contribution < -0.4 is 29.6 Å². The molecule has 0 atom stereocenters. The Morgan fingerprint density at radius 3 is 1.18 bits per heavy atom. The van der Waals surface area contributed by atoms with Gasteiger partial charge in [0.05, 0.1) is 0 Å². The zero-order valence-electron chi connectivity index (χ0n) is 6.88. The molecule has 0 aliphatic heterocycles. The van der Waals surface area contributed by atoms with E-state index in [0.717, 1.165) is 0 Å². The third kappa shape index (κ3) is 37.4. The fraction of sp³-hybridized carbons (Fsp3) is 0.500. The molecule has 0 aliphatic carbocycles. The van der Waals surface area contributed by atoms with E-state index in [4.69, 9.17) is 33.4 Å². The largest absolute Gasteiger partial charge is 1.00 e. The topological polar surface area (TPSA) is 74.6 Å². The van der Waals surface area contributed by atoms with E-state index in [1.807, 2.05) is 0 Å². The van der Waals surface area contributed by atoms with Crippen LogP contribution in [0.1, 0.15) is 1.43 Å². The van der Waals surface area contributed by atoms with Crippen molar-refractivity contribution in [2.45, 2.75) is 0 Å². The van der Waals surface area contributed by atoms with Crippen molar-refractivity contribution in [1.82, 2.24) is 0 Å². The van der Waals surface area contributed by atoms with Crippen LogP contribution in [0.5, 0.6) is 0 Å². The molecule has 0 rings (SSSR count). The summed E-state index contributed by atoms with van der Waals surface area (Å²) in [5, 5.41) is 15.2. The molecule has 2 N–H and O–H groups in total. The van der Waals surface area contributed by atoms with E-state index in [-0.39, 0.29) is 42.7 Å². The summed E-state index contributed by atoms with van der Waals surface area (Å²) in [6.07, 6.45) is 0. The van der Waals surface area contributed by atoms with Crippen LogP contribution in [0.2, 0.25) is 0 Å². The van der Waals surface area contributed by atoms with E-state index in [1.165, 1.54) is 0 Å². The molecule has 0 amide bonds. The molecule has 62 valence electrons. The number of alkyl halides is 2. The summed E-state index contributed by atoms with van der Waals surface area (Å²) in [6.45, 7) is 0. The van der Waals surface area contributed by atoms with Crippen LogP contribution in [0.25, 0.3) is 0 Å². The van der Waals surface area contributed by atoms with Gasteiger partial charge in [0.25, 0.3) is 0 Å². The van der Waals surface area contributed by atoms with Crippen LogP contribution in [0.15, 0.2) is 0 Å². The monoisotopic (exact) mass is 212 g/mol. The Bertz CT molecular complexity index is 110. The Balaban J connectivity index is -0.0000000457. The van der Waals surface area contributed by atoms with Crippen LogP contribution in [-0.4, -0.2) is 33.9 Å². The number of aliphatic carboxylic acids is 2. The normalized spacial score (nSPS) is 6.73. The minimum Gasteiger partial charge on any atom is -1.00 e. The maximum absolute atomic E-state index is 9.24. The van der Waals surface area contributed by atoms with Crippen LogP contribution in [0.4, 0.5) is 0 Å². The van der Waals surface area contributed by atoms with Gasteiger partial charge in [0.1, 0.15) is 11.8 Å². The average Bonchev–Trinajstić information content (AvgIpc) is 1.89. The van der Waals surface area contributed by atoms with E-state index in [0.29, 0.717) is 0 Å². The van der Waals surface area contributed by atoms with Gasteiger partial charge in [-0.1, -0.05) is 0 Å². The summed E-state index contributed by atoms with van der Waals surface area (Å²) < 4.78 is 0. The maximum Gasteiger partial charge on any atom is 1.00 e. The molecule has 4 nitrogen and oxygen atoms in total. The number of carboxylic acid groups (broad SMARTS) is 2. The molecule has 0 aromatic carbocycles. The van der Waals surface area contributed by atoms with Crippen molar-refractivity contribution in [1.29, 1.82) is 0 Å².